The van der Waals surface area contributed by atoms with E-state index < -0.39 is 5.54 Å². The van der Waals surface area contributed by atoms with Gasteiger partial charge in [0.05, 0.1) is 22.9 Å². The van der Waals surface area contributed by atoms with Crippen molar-refractivity contribution in [3.05, 3.63) is 24.3 Å². The standard InChI is InChI=1S/C21H26N4OS/c22-15-21(12-6-7-13-21)24-19(26)14-27-20-23-17-10-4-5-11-18(17)25(20)16-8-2-1-3-9-16/h4-5,10-11,16H,1-3,6-9,12-14H2,(H,24,26). The summed E-state index contributed by atoms with van der Waals surface area (Å²) in [4.78, 5) is 17.3. The van der Waals surface area contributed by atoms with Crippen molar-refractivity contribution in [3.8, 4) is 6.07 Å². The molecule has 0 radical (unpaired) electrons. The largest absolute Gasteiger partial charge is 0.337 e. The normalized spacial score (nSPS) is 19.8. The average molecular weight is 383 g/mol. The van der Waals surface area contributed by atoms with Crippen molar-refractivity contribution in [1.29, 1.82) is 5.26 Å². The van der Waals surface area contributed by atoms with Crippen LogP contribution in [-0.4, -0.2) is 26.8 Å². The molecule has 1 amide bonds. The summed E-state index contributed by atoms with van der Waals surface area (Å²) in [5.41, 5.74) is 1.51. The lowest BCUT2D eigenvalue weighted by molar-refractivity contribution is -0.119. The van der Waals surface area contributed by atoms with Gasteiger partial charge >= 0.3 is 0 Å². The van der Waals surface area contributed by atoms with E-state index >= 15 is 0 Å². The molecule has 0 aliphatic heterocycles. The Bertz CT molecular complexity index is 857. The Balaban J connectivity index is 1.51. The van der Waals surface area contributed by atoms with Crippen LogP contribution in [0.15, 0.2) is 29.4 Å². The van der Waals surface area contributed by atoms with Crippen LogP contribution in [0.5, 0.6) is 0 Å². The van der Waals surface area contributed by atoms with E-state index in [1.54, 1.807) is 0 Å². The summed E-state index contributed by atoms with van der Waals surface area (Å²) in [6.07, 6.45) is 9.73. The van der Waals surface area contributed by atoms with Crippen LogP contribution >= 0.6 is 11.8 Å². The maximum absolute atomic E-state index is 12.5. The second kappa shape index (κ2) is 7.93. The number of amides is 1. The van der Waals surface area contributed by atoms with Gasteiger partial charge in [0.1, 0.15) is 5.54 Å². The van der Waals surface area contributed by atoms with E-state index in [9.17, 15) is 10.1 Å². The fraction of sp³-hybridized carbons (Fsp3) is 0.571. The molecule has 1 N–H and O–H groups in total. The van der Waals surface area contributed by atoms with Crippen LogP contribution in [0.2, 0.25) is 0 Å². The van der Waals surface area contributed by atoms with Gasteiger partial charge in [0.15, 0.2) is 5.16 Å². The lowest BCUT2D eigenvalue weighted by atomic mass is 9.95. The number of fused-ring (bicyclic) bond motifs is 1. The first-order chi connectivity index (χ1) is 13.2. The number of thioether (sulfide) groups is 1. The van der Waals surface area contributed by atoms with E-state index in [0.717, 1.165) is 41.9 Å². The fourth-order valence-electron chi connectivity index (χ4n) is 4.49. The number of hydrogen-bond acceptors (Lipinski definition) is 4. The van der Waals surface area contributed by atoms with Gasteiger partial charge in [-0.15, -0.1) is 0 Å². The number of para-hydroxylation sites is 2. The van der Waals surface area contributed by atoms with Crippen molar-refractivity contribution in [2.24, 2.45) is 0 Å². The summed E-state index contributed by atoms with van der Waals surface area (Å²) in [5.74, 6) is 0.241. The minimum Gasteiger partial charge on any atom is -0.337 e. The third-order valence-electron chi connectivity index (χ3n) is 5.89. The van der Waals surface area contributed by atoms with Crippen molar-refractivity contribution in [3.63, 3.8) is 0 Å². The van der Waals surface area contributed by atoms with Gasteiger partial charge in [-0.3, -0.25) is 4.79 Å². The topological polar surface area (TPSA) is 70.7 Å². The summed E-state index contributed by atoms with van der Waals surface area (Å²) in [5, 5.41) is 13.4. The number of nitriles is 1. The van der Waals surface area contributed by atoms with Crippen LogP contribution in [-0.2, 0) is 4.79 Å². The molecule has 0 bridgehead atoms. The first-order valence-electron chi connectivity index (χ1n) is 10.0. The molecule has 0 spiro atoms. The molecule has 5 nitrogen and oxygen atoms in total. The van der Waals surface area contributed by atoms with Gasteiger partial charge < -0.3 is 9.88 Å². The van der Waals surface area contributed by atoms with Crippen LogP contribution in [0.4, 0.5) is 0 Å². The van der Waals surface area contributed by atoms with E-state index in [2.05, 4.69) is 28.1 Å². The van der Waals surface area contributed by atoms with Crippen molar-refractivity contribution in [1.82, 2.24) is 14.9 Å². The molecule has 2 fully saturated rings. The maximum Gasteiger partial charge on any atom is 0.231 e. The van der Waals surface area contributed by atoms with Crippen LogP contribution < -0.4 is 5.32 Å². The zero-order chi connectivity index (χ0) is 18.7. The van der Waals surface area contributed by atoms with Gasteiger partial charge in [-0.2, -0.15) is 5.26 Å². The molecular weight excluding hydrogens is 356 g/mol. The second-order valence-electron chi connectivity index (χ2n) is 7.78. The highest BCUT2D eigenvalue weighted by Gasteiger charge is 2.35. The Morgan fingerprint density at radius 2 is 1.96 bits per heavy atom. The first kappa shape index (κ1) is 18.4. The van der Waals surface area contributed by atoms with Gasteiger partial charge in [0.25, 0.3) is 0 Å². The number of nitrogens with zero attached hydrogens (tertiary/aromatic N) is 3. The highest BCUT2D eigenvalue weighted by Crippen LogP contribution is 2.35. The van der Waals surface area contributed by atoms with Crippen molar-refractivity contribution in [2.75, 3.05) is 5.75 Å². The number of carbonyl (C=O) groups excluding carboxylic acids is 1. The average Bonchev–Trinajstić information content (AvgIpc) is 3.32. The minimum absolute atomic E-state index is 0.0642. The molecule has 2 aliphatic carbocycles. The molecule has 2 aromatic rings. The third kappa shape index (κ3) is 3.84. The van der Waals surface area contributed by atoms with E-state index in [-0.39, 0.29) is 5.91 Å². The second-order valence-corrected chi connectivity index (χ2v) is 8.73. The van der Waals surface area contributed by atoms with Crippen LogP contribution in [0.1, 0.15) is 63.8 Å². The Labute approximate surface area is 164 Å². The van der Waals surface area contributed by atoms with Crippen LogP contribution in [0, 0.1) is 11.3 Å². The van der Waals surface area contributed by atoms with Crippen molar-refractivity contribution in [2.45, 2.75) is 74.5 Å². The predicted molar refractivity (Wildman–Crippen MR) is 108 cm³/mol. The SMILES string of the molecule is N#CC1(NC(=O)CSc2nc3ccccc3n2C2CCCCC2)CCCC1. The van der Waals surface area contributed by atoms with Crippen molar-refractivity contribution >= 4 is 28.7 Å². The van der Waals surface area contributed by atoms with E-state index in [0.29, 0.717) is 11.8 Å². The number of rotatable bonds is 5. The number of hydrogen-bond donors (Lipinski definition) is 1. The van der Waals surface area contributed by atoms with Gasteiger partial charge in [0.2, 0.25) is 5.91 Å². The number of nitrogens with one attached hydrogen (secondary N) is 1. The van der Waals surface area contributed by atoms with E-state index in [1.165, 1.54) is 43.9 Å². The number of aromatic nitrogens is 2. The van der Waals surface area contributed by atoms with Gasteiger partial charge in [-0.1, -0.05) is 43.2 Å². The highest BCUT2D eigenvalue weighted by molar-refractivity contribution is 7.99. The Morgan fingerprint density at radius 1 is 1.22 bits per heavy atom. The van der Waals surface area contributed by atoms with Crippen molar-refractivity contribution < 1.29 is 4.79 Å². The molecule has 142 valence electrons. The molecule has 0 unspecified atom stereocenters. The lowest BCUT2D eigenvalue weighted by Gasteiger charge is -2.25. The molecule has 2 aliphatic rings. The van der Waals surface area contributed by atoms with E-state index in [4.69, 9.17) is 4.98 Å². The van der Waals surface area contributed by atoms with Crippen LogP contribution in [0.3, 0.4) is 0 Å². The van der Waals surface area contributed by atoms with Gasteiger partial charge in [-0.25, -0.2) is 4.98 Å². The molecule has 4 rings (SSSR count). The van der Waals surface area contributed by atoms with Gasteiger partial charge in [-0.05, 0) is 50.7 Å². The summed E-state index contributed by atoms with van der Waals surface area (Å²) in [6.45, 7) is 0. The number of benzene rings is 1. The molecule has 0 saturated heterocycles. The minimum atomic E-state index is -0.652. The summed E-state index contributed by atoms with van der Waals surface area (Å²) in [6, 6.07) is 11.0. The Morgan fingerprint density at radius 3 is 2.70 bits per heavy atom. The quantitative estimate of drug-likeness (QED) is 0.768. The number of imidazole rings is 1. The molecule has 27 heavy (non-hydrogen) atoms. The molecular formula is C21H26N4OS. The zero-order valence-electron chi connectivity index (χ0n) is 15.6. The Kier molecular flexibility index (Phi) is 5.40. The molecule has 1 aromatic heterocycles. The van der Waals surface area contributed by atoms with Crippen LogP contribution in [0.25, 0.3) is 11.0 Å². The smallest absolute Gasteiger partial charge is 0.231 e. The zero-order valence-corrected chi connectivity index (χ0v) is 16.4. The molecule has 0 atom stereocenters. The molecule has 2 saturated carbocycles. The Hall–Kier alpha value is -2.00. The summed E-state index contributed by atoms with van der Waals surface area (Å²) < 4.78 is 2.35. The summed E-state index contributed by atoms with van der Waals surface area (Å²) >= 11 is 1.50. The van der Waals surface area contributed by atoms with Gasteiger partial charge in [0, 0.05) is 6.04 Å². The fourth-order valence-corrected chi connectivity index (χ4v) is 5.37. The predicted octanol–water partition coefficient (Wildman–Crippen LogP) is 4.59. The molecule has 1 heterocycles. The first-order valence-corrected chi connectivity index (χ1v) is 11.0. The number of carbonyl (C=O) groups is 1. The van der Waals surface area contributed by atoms with E-state index in [1.807, 2.05) is 12.1 Å². The summed E-state index contributed by atoms with van der Waals surface area (Å²) in [7, 11) is 0. The molecule has 6 heteroatoms. The monoisotopic (exact) mass is 382 g/mol. The lowest BCUT2D eigenvalue weighted by Crippen LogP contribution is -2.45. The third-order valence-corrected chi connectivity index (χ3v) is 6.84. The highest BCUT2D eigenvalue weighted by atomic mass is 32.2. The maximum atomic E-state index is 12.5. The molecule has 1 aromatic carbocycles.